The van der Waals surface area contributed by atoms with Gasteiger partial charge in [0.1, 0.15) is 0 Å². The second-order valence-electron chi connectivity index (χ2n) is 6.96. The lowest BCUT2D eigenvalue weighted by atomic mass is 9.64. The molecule has 4 nitrogen and oxygen atoms in total. The number of rotatable bonds is 4. The van der Waals surface area contributed by atoms with E-state index in [0.717, 1.165) is 30.2 Å². The van der Waals surface area contributed by atoms with E-state index in [1.165, 1.54) is 0 Å². The highest BCUT2D eigenvalue weighted by Crippen LogP contribution is 2.46. The topological polar surface area (TPSA) is 39.7 Å². The quantitative estimate of drug-likeness (QED) is 0.915. The Morgan fingerprint density at radius 1 is 1.19 bits per heavy atom. The van der Waals surface area contributed by atoms with E-state index in [2.05, 4.69) is 26.1 Å². The summed E-state index contributed by atoms with van der Waals surface area (Å²) >= 11 is 0. The van der Waals surface area contributed by atoms with Gasteiger partial charge in [0.15, 0.2) is 11.5 Å². The highest BCUT2D eigenvalue weighted by molar-refractivity contribution is 5.57. The fourth-order valence-electron chi connectivity index (χ4n) is 3.13. The van der Waals surface area contributed by atoms with Crippen LogP contribution in [0, 0.1) is 5.41 Å². The molecule has 1 aliphatic carbocycles. The molecule has 4 heteroatoms. The van der Waals surface area contributed by atoms with Crippen LogP contribution in [0.25, 0.3) is 0 Å². The average molecular weight is 291 g/mol. The van der Waals surface area contributed by atoms with Gasteiger partial charge in [0, 0.05) is 43.7 Å². The van der Waals surface area contributed by atoms with E-state index in [1.807, 2.05) is 32.0 Å². The molecule has 0 aromatic heterocycles. The summed E-state index contributed by atoms with van der Waals surface area (Å²) in [6.07, 6.45) is 1.38. The van der Waals surface area contributed by atoms with Gasteiger partial charge in [-0.1, -0.05) is 13.8 Å². The Bertz CT molecular complexity index is 539. The van der Waals surface area contributed by atoms with Gasteiger partial charge in [-0.2, -0.15) is 0 Å². The van der Waals surface area contributed by atoms with Gasteiger partial charge >= 0.3 is 0 Å². The van der Waals surface area contributed by atoms with Crippen LogP contribution >= 0.6 is 0 Å². The number of fused-ring (bicyclic) bond motifs is 1. The molecule has 1 fully saturated rings. The molecule has 0 saturated heterocycles. The third-order valence-electron chi connectivity index (χ3n) is 4.54. The molecule has 1 aliphatic heterocycles. The number of hydrogen-bond donors (Lipinski definition) is 1. The molecule has 0 radical (unpaired) electrons. The zero-order valence-corrected chi connectivity index (χ0v) is 13.5. The molecule has 1 aromatic carbocycles. The lowest BCUT2D eigenvalue weighted by Crippen LogP contribution is -2.58. The lowest BCUT2D eigenvalue weighted by molar-refractivity contribution is -0.0975. The molecule has 2 unspecified atom stereocenters. The Hall–Kier alpha value is -1.42. The van der Waals surface area contributed by atoms with Crippen molar-refractivity contribution in [3.8, 4) is 11.5 Å². The fourth-order valence-corrected chi connectivity index (χ4v) is 3.13. The summed E-state index contributed by atoms with van der Waals surface area (Å²) in [5.74, 6) is 1.05. The first-order valence-electron chi connectivity index (χ1n) is 7.72. The van der Waals surface area contributed by atoms with Crippen LogP contribution in [0.2, 0.25) is 0 Å². The molecule has 3 rings (SSSR count). The summed E-state index contributed by atoms with van der Waals surface area (Å²) < 4.78 is 17.3. The van der Waals surface area contributed by atoms with Crippen molar-refractivity contribution in [1.82, 2.24) is 0 Å². The third kappa shape index (κ3) is 2.57. The zero-order chi connectivity index (χ0) is 15.3. The Morgan fingerprint density at radius 2 is 1.90 bits per heavy atom. The van der Waals surface area contributed by atoms with E-state index in [-0.39, 0.29) is 5.41 Å². The van der Waals surface area contributed by atoms with Crippen LogP contribution in [0.1, 0.15) is 41.0 Å². The maximum Gasteiger partial charge on any atom is 0.246 e. The molecule has 1 saturated carbocycles. The van der Waals surface area contributed by atoms with Crippen LogP contribution in [0.15, 0.2) is 18.2 Å². The van der Waals surface area contributed by atoms with E-state index in [0.29, 0.717) is 12.1 Å². The van der Waals surface area contributed by atoms with Crippen molar-refractivity contribution in [2.45, 2.75) is 59.0 Å². The Labute approximate surface area is 126 Å². The van der Waals surface area contributed by atoms with Crippen molar-refractivity contribution >= 4 is 5.69 Å². The fraction of sp³-hybridized carbons (Fsp3) is 0.647. The van der Waals surface area contributed by atoms with Gasteiger partial charge in [0.2, 0.25) is 5.79 Å². The van der Waals surface area contributed by atoms with Crippen molar-refractivity contribution in [2.75, 3.05) is 11.9 Å². The molecule has 21 heavy (non-hydrogen) atoms. The van der Waals surface area contributed by atoms with Crippen LogP contribution in [-0.4, -0.2) is 24.5 Å². The Balaban J connectivity index is 1.68. The van der Waals surface area contributed by atoms with Gasteiger partial charge < -0.3 is 19.5 Å². The average Bonchev–Trinajstić information content (AvgIpc) is 2.70. The number of benzene rings is 1. The van der Waals surface area contributed by atoms with Gasteiger partial charge in [-0.25, -0.2) is 0 Å². The monoisotopic (exact) mass is 291 g/mol. The summed E-state index contributed by atoms with van der Waals surface area (Å²) in [4.78, 5) is 0. The maximum atomic E-state index is 5.79. The molecule has 1 aromatic rings. The number of anilines is 1. The predicted molar refractivity (Wildman–Crippen MR) is 83.0 cm³/mol. The molecule has 0 spiro atoms. The first-order chi connectivity index (χ1) is 9.82. The van der Waals surface area contributed by atoms with Crippen LogP contribution in [0.4, 0.5) is 5.69 Å². The van der Waals surface area contributed by atoms with Crippen molar-refractivity contribution in [2.24, 2.45) is 5.41 Å². The molecule has 0 bridgehead atoms. The van der Waals surface area contributed by atoms with Gasteiger partial charge in [-0.15, -0.1) is 0 Å². The van der Waals surface area contributed by atoms with E-state index >= 15 is 0 Å². The smallest absolute Gasteiger partial charge is 0.246 e. The molecule has 0 amide bonds. The number of ether oxygens (including phenoxy) is 3. The van der Waals surface area contributed by atoms with Crippen molar-refractivity contribution in [1.29, 1.82) is 0 Å². The van der Waals surface area contributed by atoms with Gasteiger partial charge in [-0.05, 0) is 25.5 Å². The van der Waals surface area contributed by atoms with E-state index < -0.39 is 5.79 Å². The summed E-state index contributed by atoms with van der Waals surface area (Å²) in [6, 6.07) is 6.46. The number of hydrogen-bond acceptors (Lipinski definition) is 4. The first-order valence-corrected chi connectivity index (χ1v) is 7.72. The minimum absolute atomic E-state index is 0.144. The van der Waals surface area contributed by atoms with Gasteiger partial charge in [0.25, 0.3) is 0 Å². The second-order valence-corrected chi connectivity index (χ2v) is 6.96. The normalized spacial score (nSPS) is 28.0. The third-order valence-corrected chi connectivity index (χ3v) is 4.54. The molecule has 116 valence electrons. The van der Waals surface area contributed by atoms with Crippen LogP contribution < -0.4 is 14.8 Å². The highest BCUT2D eigenvalue weighted by atomic mass is 16.7. The molecule has 2 atom stereocenters. The second kappa shape index (κ2) is 4.80. The van der Waals surface area contributed by atoms with E-state index in [4.69, 9.17) is 14.2 Å². The molecule has 2 aliphatic rings. The zero-order valence-electron chi connectivity index (χ0n) is 13.5. The Morgan fingerprint density at radius 3 is 2.57 bits per heavy atom. The van der Waals surface area contributed by atoms with Crippen molar-refractivity contribution < 1.29 is 14.2 Å². The lowest BCUT2D eigenvalue weighted by Gasteiger charge is -2.52. The summed E-state index contributed by atoms with van der Waals surface area (Å²) in [5.41, 5.74) is 1.22. The standard InChI is InChI=1S/C17H25NO3/c1-6-19-15-10-14(16(15,2)3)18-11-7-8-12-13(9-11)21-17(4,5)20-12/h7-9,14-15,18H,6,10H2,1-5H3. The van der Waals surface area contributed by atoms with E-state index in [1.54, 1.807) is 0 Å². The highest BCUT2D eigenvalue weighted by Gasteiger charge is 2.49. The van der Waals surface area contributed by atoms with E-state index in [9.17, 15) is 0 Å². The number of nitrogens with one attached hydrogen (secondary N) is 1. The minimum Gasteiger partial charge on any atom is -0.449 e. The largest absolute Gasteiger partial charge is 0.449 e. The summed E-state index contributed by atoms with van der Waals surface area (Å²) in [7, 11) is 0. The molecular weight excluding hydrogens is 266 g/mol. The summed E-state index contributed by atoms with van der Waals surface area (Å²) in [5, 5.41) is 3.60. The van der Waals surface area contributed by atoms with Gasteiger partial charge in [-0.3, -0.25) is 0 Å². The minimum atomic E-state index is -0.573. The van der Waals surface area contributed by atoms with Crippen molar-refractivity contribution in [3.05, 3.63) is 18.2 Å². The maximum absolute atomic E-state index is 5.79. The first kappa shape index (κ1) is 14.5. The Kier molecular flexibility index (Phi) is 3.32. The predicted octanol–water partition coefficient (Wildman–Crippen LogP) is 3.81. The van der Waals surface area contributed by atoms with Crippen LogP contribution in [-0.2, 0) is 4.74 Å². The summed E-state index contributed by atoms with van der Waals surface area (Å²) in [6.45, 7) is 11.2. The molecule has 1 heterocycles. The molecule has 1 N–H and O–H groups in total. The van der Waals surface area contributed by atoms with Crippen LogP contribution in [0.5, 0.6) is 11.5 Å². The van der Waals surface area contributed by atoms with Crippen molar-refractivity contribution in [3.63, 3.8) is 0 Å². The molecular formula is C17H25NO3. The van der Waals surface area contributed by atoms with Crippen LogP contribution in [0.3, 0.4) is 0 Å². The SMILES string of the molecule is CCOC1CC(Nc2ccc3c(c2)OC(C)(C)O3)C1(C)C. The van der Waals surface area contributed by atoms with Gasteiger partial charge in [0.05, 0.1) is 6.10 Å².